The second-order valence-electron chi connectivity index (χ2n) is 3.29. The maximum atomic E-state index is 12.0. The molecular formula is C9H21ClNOP. The first kappa shape index (κ1) is 13.5. The second-order valence-corrected chi connectivity index (χ2v) is 7.12. The van der Waals surface area contributed by atoms with E-state index >= 15 is 0 Å². The molecule has 0 aliphatic rings. The highest BCUT2D eigenvalue weighted by Gasteiger charge is 2.25. The molecule has 2 nitrogen and oxygen atoms in total. The van der Waals surface area contributed by atoms with Crippen LogP contribution in [0.5, 0.6) is 0 Å². The maximum absolute atomic E-state index is 12.0. The van der Waals surface area contributed by atoms with Gasteiger partial charge in [0.25, 0.3) is 0 Å². The molecule has 0 radical (unpaired) electrons. The number of hydrogen-bond donors (Lipinski definition) is 0. The zero-order valence-corrected chi connectivity index (χ0v) is 10.6. The highest BCUT2D eigenvalue weighted by Crippen LogP contribution is 2.55. The third-order valence-electron chi connectivity index (χ3n) is 1.89. The van der Waals surface area contributed by atoms with Crippen molar-refractivity contribution in [2.45, 2.75) is 40.0 Å². The van der Waals surface area contributed by atoms with Crippen LogP contribution >= 0.6 is 17.9 Å². The summed E-state index contributed by atoms with van der Waals surface area (Å²) < 4.78 is 13.9. The fourth-order valence-corrected chi connectivity index (χ4v) is 4.14. The Morgan fingerprint density at radius 2 is 1.54 bits per heavy atom. The van der Waals surface area contributed by atoms with Gasteiger partial charge in [-0.1, -0.05) is 20.8 Å². The van der Waals surface area contributed by atoms with E-state index in [1.54, 1.807) is 0 Å². The van der Waals surface area contributed by atoms with Gasteiger partial charge < -0.3 is 0 Å². The van der Waals surface area contributed by atoms with E-state index in [0.29, 0.717) is 6.16 Å². The smallest absolute Gasteiger partial charge is 0.234 e. The molecule has 0 saturated heterocycles. The number of rotatable bonds is 7. The van der Waals surface area contributed by atoms with E-state index in [1.165, 1.54) is 0 Å². The van der Waals surface area contributed by atoms with E-state index in [4.69, 9.17) is 11.2 Å². The Balaban J connectivity index is 4.23. The largest absolute Gasteiger partial charge is 0.289 e. The van der Waals surface area contributed by atoms with E-state index in [9.17, 15) is 4.57 Å². The van der Waals surface area contributed by atoms with Crippen LogP contribution in [-0.4, -0.2) is 23.9 Å². The summed E-state index contributed by atoms with van der Waals surface area (Å²) in [7, 11) is 0. The van der Waals surface area contributed by atoms with E-state index in [2.05, 4.69) is 13.8 Å². The van der Waals surface area contributed by atoms with Gasteiger partial charge >= 0.3 is 0 Å². The molecule has 0 aromatic rings. The summed E-state index contributed by atoms with van der Waals surface area (Å²) in [6.45, 7) is 5.38. The van der Waals surface area contributed by atoms with Gasteiger partial charge in [0.15, 0.2) is 0 Å². The van der Waals surface area contributed by atoms with Crippen molar-refractivity contribution in [1.29, 1.82) is 0 Å². The highest BCUT2D eigenvalue weighted by molar-refractivity contribution is 7.87. The molecule has 0 amide bonds. The minimum absolute atomic E-state index is 0.633. The van der Waals surface area contributed by atoms with Crippen LogP contribution < -0.4 is 0 Å². The van der Waals surface area contributed by atoms with E-state index < -0.39 is 6.65 Å². The second kappa shape index (κ2) is 6.86. The standard InChI is InChI=1S/C9H21ClNOP/c1-4-7-11(8-5-2)13(10,12)9-6-3/h4-9H2,1-3H3. The molecule has 0 saturated carbocycles. The summed E-state index contributed by atoms with van der Waals surface area (Å²) in [4.78, 5) is 0. The molecule has 0 aliphatic carbocycles. The average molecular weight is 226 g/mol. The molecule has 0 N–H and O–H groups in total. The van der Waals surface area contributed by atoms with Gasteiger partial charge in [0.2, 0.25) is 6.65 Å². The van der Waals surface area contributed by atoms with Gasteiger partial charge in [-0.05, 0) is 30.5 Å². The Kier molecular flexibility index (Phi) is 7.12. The summed E-state index contributed by atoms with van der Waals surface area (Å²) in [5.74, 6) is 0. The van der Waals surface area contributed by atoms with Gasteiger partial charge in [-0.2, -0.15) is 0 Å². The van der Waals surface area contributed by atoms with Crippen LogP contribution in [0.25, 0.3) is 0 Å². The van der Waals surface area contributed by atoms with Crippen LogP contribution in [0, 0.1) is 0 Å². The van der Waals surface area contributed by atoms with Gasteiger partial charge in [-0.3, -0.25) is 4.57 Å². The molecule has 0 aliphatic heterocycles. The fraction of sp³-hybridized carbons (Fsp3) is 1.00. The fourth-order valence-electron chi connectivity index (χ4n) is 1.34. The van der Waals surface area contributed by atoms with Crippen molar-refractivity contribution in [1.82, 2.24) is 4.67 Å². The molecule has 0 bridgehead atoms. The van der Waals surface area contributed by atoms with E-state index in [-0.39, 0.29) is 0 Å². The predicted octanol–water partition coefficient (Wildman–Crippen LogP) is 3.95. The summed E-state index contributed by atoms with van der Waals surface area (Å²) in [5.41, 5.74) is 0. The SMILES string of the molecule is CCCN(CCC)P(=O)(Cl)CCC. The first-order valence-corrected chi connectivity index (χ1v) is 7.87. The molecule has 0 fully saturated rings. The van der Waals surface area contributed by atoms with Crippen LogP contribution in [0.15, 0.2) is 0 Å². The van der Waals surface area contributed by atoms with Gasteiger partial charge in [0, 0.05) is 19.3 Å². The van der Waals surface area contributed by atoms with Crippen molar-refractivity contribution in [2.24, 2.45) is 0 Å². The zero-order chi connectivity index (χ0) is 10.3. The molecule has 80 valence electrons. The molecule has 0 aromatic carbocycles. The summed E-state index contributed by atoms with van der Waals surface area (Å²) in [6, 6.07) is 0. The maximum Gasteiger partial charge on any atom is 0.234 e. The topological polar surface area (TPSA) is 20.3 Å². The number of hydrogen-bond acceptors (Lipinski definition) is 1. The molecule has 13 heavy (non-hydrogen) atoms. The Morgan fingerprint density at radius 3 is 1.85 bits per heavy atom. The molecule has 0 spiro atoms. The van der Waals surface area contributed by atoms with Crippen molar-refractivity contribution in [3.05, 3.63) is 0 Å². The lowest BCUT2D eigenvalue weighted by Gasteiger charge is -2.25. The Bertz CT molecular complexity index is 169. The summed E-state index contributed by atoms with van der Waals surface area (Å²) in [6.07, 6.45) is 3.56. The van der Waals surface area contributed by atoms with Crippen LogP contribution in [0.4, 0.5) is 0 Å². The molecule has 1 atom stereocenters. The van der Waals surface area contributed by atoms with E-state index in [0.717, 1.165) is 32.4 Å². The van der Waals surface area contributed by atoms with Gasteiger partial charge in [-0.25, -0.2) is 4.67 Å². The Hall–Kier alpha value is 0.480. The van der Waals surface area contributed by atoms with Gasteiger partial charge in [-0.15, -0.1) is 0 Å². The third kappa shape index (κ3) is 5.05. The lowest BCUT2D eigenvalue weighted by Crippen LogP contribution is -2.21. The third-order valence-corrected chi connectivity index (χ3v) is 5.28. The number of halogens is 1. The van der Waals surface area contributed by atoms with Crippen LogP contribution in [0.1, 0.15) is 40.0 Å². The molecule has 0 aromatic heterocycles. The van der Waals surface area contributed by atoms with Crippen molar-refractivity contribution in [3.63, 3.8) is 0 Å². The van der Waals surface area contributed by atoms with Gasteiger partial charge in [0.1, 0.15) is 0 Å². The van der Waals surface area contributed by atoms with Crippen molar-refractivity contribution < 1.29 is 4.57 Å². The monoisotopic (exact) mass is 225 g/mol. The summed E-state index contributed by atoms with van der Waals surface area (Å²) in [5, 5.41) is 0. The van der Waals surface area contributed by atoms with Crippen molar-refractivity contribution in [2.75, 3.05) is 19.3 Å². The quantitative estimate of drug-likeness (QED) is 0.612. The first-order valence-electron chi connectivity index (χ1n) is 5.12. The Morgan fingerprint density at radius 1 is 1.08 bits per heavy atom. The zero-order valence-electron chi connectivity index (χ0n) is 8.92. The lowest BCUT2D eigenvalue weighted by molar-refractivity contribution is 0.417. The lowest BCUT2D eigenvalue weighted by atomic mass is 10.4. The van der Waals surface area contributed by atoms with Crippen LogP contribution in [0.3, 0.4) is 0 Å². The minimum atomic E-state index is -2.53. The highest BCUT2D eigenvalue weighted by atomic mass is 35.7. The molecule has 0 rings (SSSR count). The normalized spacial score (nSPS) is 16.1. The van der Waals surface area contributed by atoms with E-state index in [1.807, 2.05) is 11.6 Å². The first-order chi connectivity index (χ1) is 6.08. The van der Waals surface area contributed by atoms with Crippen LogP contribution in [-0.2, 0) is 4.57 Å². The predicted molar refractivity (Wildman–Crippen MR) is 60.8 cm³/mol. The van der Waals surface area contributed by atoms with Crippen molar-refractivity contribution >= 4 is 17.9 Å². The summed E-state index contributed by atoms with van der Waals surface area (Å²) >= 11 is 6.04. The van der Waals surface area contributed by atoms with Crippen molar-refractivity contribution in [3.8, 4) is 0 Å². The Labute approximate surface area is 86.9 Å². The average Bonchev–Trinajstić information content (AvgIpc) is 2.04. The molecule has 0 heterocycles. The number of nitrogens with zero attached hydrogens (tertiary/aromatic N) is 1. The minimum Gasteiger partial charge on any atom is -0.289 e. The molecule has 4 heteroatoms. The molecule has 1 unspecified atom stereocenters. The van der Waals surface area contributed by atoms with Crippen LogP contribution in [0.2, 0.25) is 0 Å². The molecular weight excluding hydrogens is 205 g/mol. The van der Waals surface area contributed by atoms with Gasteiger partial charge in [0.05, 0.1) is 0 Å².